The number of fused-ring (bicyclic) bond motifs is 14. The number of para-hydroxylation sites is 4. The van der Waals surface area contributed by atoms with Crippen LogP contribution >= 0.6 is 0 Å². The SMILES string of the molecule is FC(F)(F)c1ccccc1-c1c(C2CCCCC2)c(-n2c3ccccc3c3c4c(ccc32)oc2ccccc24)c(C2CCCCC2)c(-c2ccccc2C(F)(F)F)c1-n1c2ccccc2c2c3c(ccc21)oc1ccccc13. The van der Waals surface area contributed by atoms with Crippen LogP contribution in [0.3, 0.4) is 0 Å². The van der Waals surface area contributed by atoms with Gasteiger partial charge in [0.2, 0.25) is 0 Å². The molecule has 2 saturated carbocycles. The van der Waals surface area contributed by atoms with Gasteiger partial charge in [-0.3, -0.25) is 0 Å². The normalized spacial score (nSPS) is 15.5. The van der Waals surface area contributed by atoms with Crippen molar-refractivity contribution >= 4 is 87.5 Å². The summed E-state index contributed by atoms with van der Waals surface area (Å²) in [7, 11) is 0. The zero-order valence-corrected chi connectivity index (χ0v) is 42.4. The number of rotatable bonds is 6. The Hall–Kier alpha value is -8.24. The first-order valence-corrected chi connectivity index (χ1v) is 27.3. The predicted molar refractivity (Wildman–Crippen MR) is 302 cm³/mol. The highest BCUT2D eigenvalue weighted by Gasteiger charge is 2.43. The zero-order valence-electron chi connectivity index (χ0n) is 42.4. The average Bonchev–Trinajstić information content (AvgIpc) is 4.40. The number of hydrogen-bond acceptors (Lipinski definition) is 2. The van der Waals surface area contributed by atoms with E-state index in [1.165, 1.54) is 12.1 Å². The van der Waals surface area contributed by atoms with Crippen LogP contribution in [0.15, 0.2) is 179 Å². The molecule has 10 heteroatoms. The summed E-state index contributed by atoms with van der Waals surface area (Å²) in [5, 5.41) is 6.94. The van der Waals surface area contributed by atoms with Gasteiger partial charge < -0.3 is 18.0 Å². The molecule has 0 spiro atoms. The Kier molecular flexibility index (Phi) is 10.6. The molecule has 0 amide bonds. The first kappa shape index (κ1) is 47.0. The van der Waals surface area contributed by atoms with Gasteiger partial charge in [0.1, 0.15) is 22.3 Å². The lowest BCUT2D eigenvalue weighted by Crippen LogP contribution is -2.21. The summed E-state index contributed by atoms with van der Waals surface area (Å²) in [6.45, 7) is 0. The van der Waals surface area contributed by atoms with Gasteiger partial charge in [0.05, 0.1) is 44.6 Å². The Labute approximate surface area is 444 Å². The van der Waals surface area contributed by atoms with Crippen LogP contribution in [-0.2, 0) is 12.4 Å². The third kappa shape index (κ3) is 7.00. The van der Waals surface area contributed by atoms with Crippen LogP contribution in [0.1, 0.15) is 98.3 Å². The highest BCUT2D eigenvalue weighted by Crippen LogP contribution is 2.59. The average molecular weight is 1040 g/mol. The fraction of sp³-hybridized carbons (Fsp3) is 0.206. The summed E-state index contributed by atoms with van der Waals surface area (Å²) >= 11 is 0. The predicted octanol–water partition coefficient (Wildman–Crippen LogP) is 21.1. The van der Waals surface area contributed by atoms with Gasteiger partial charge in [-0.05, 0) is 120 Å². The van der Waals surface area contributed by atoms with Crippen LogP contribution in [0.4, 0.5) is 26.3 Å². The second kappa shape index (κ2) is 17.6. The standard InChI is InChI=1S/C68H50F6N2O2/c69-67(70,71)47-29-13-7-23-41(47)63-57(39-19-3-1-4-20-39)65(75-49-31-15-9-25-43(49)59-51(75)35-37-55-61(59)45-27-11-17-33-53(45)77-55)58(40-21-5-2-6-22-40)64(42-24-8-14-30-48(42)68(72,73)74)66(63)76-50-32-16-10-26-44(50)60-52(76)36-38-56-62(60)46-28-12-18-34-54(46)78-56/h7-18,23-40H,1-6,19-22H2. The lowest BCUT2D eigenvalue weighted by molar-refractivity contribution is -0.137. The van der Waals surface area contributed by atoms with Crippen molar-refractivity contribution < 1.29 is 35.2 Å². The Morgan fingerprint density at radius 1 is 0.333 bits per heavy atom. The smallest absolute Gasteiger partial charge is 0.417 e. The van der Waals surface area contributed by atoms with Crippen molar-refractivity contribution in [2.75, 3.05) is 0 Å². The van der Waals surface area contributed by atoms with Crippen molar-refractivity contribution in [1.82, 2.24) is 9.13 Å². The summed E-state index contributed by atoms with van der Waals surface area (Å²) < 4.78 is 116. The second-order valence-electron chi connectivity index (χ2n) is 21.6. The van der Waals surface area contributed by atoms with E-state index in [4.69, 9.17) is 8.83 Å². The largest absolute Gasteiger partial charge is 0.456 e. The van der Waals surface area contributed by atoms with E-state index in [9.17, 15) is 0 Å². The lowest BCUT2D eigenvalue weighted by atomic mass is 9.71. The van der Waals surface area contributed by atoms with E-state index in [-0.39, 0.29) is 34.1 Å². The van der Waals surface area contributed by atoms with Gasteiger partial charge in [0.25, 0.3) is 0 Å². The highest BCUT2D eigenvalue weighted by atomic mass is 19.4. The number of halogens is 6. The molecular formula is C68H50F6N2O2. The molecule has 9 aromatic carbocycles. The van der Waals surface area contributed by atoms with Crippen LogP contribution < -0.4 is 0 Å². The summed E-state index contributed by atoms with van der Waals surface area (Å²) in [5.41, 5.74) is 6.80. The quantitative estimate of drug-likeness (QED) is 0.156. The Morgan fingerprint density at radius 3 is 1.14 bits per heavy atom. The summed E-state index contributed by atoms with van der Waals surface area (Å²) in [6.07, 6.45) is -1.71. The van der Waals surface area contributed by atoms with Gasteiger partial charge in [-0.1, -0.05) is 148 Å². The summed E-state index contributed by atoms with van der Waals surface area (Å²) in [4.78, 5) is 0. The van der Waals surface area contributed by atoms with E-state index in [0.29, 0.717) is 64.8 Å². The van der Waals surface area contributed by atoms with Gasteiger partial charge in [-0.25, -0.2) is 0 Å². The fourth-order valence-corrected chi connectivity index (χ4v) is 14.3. The summed E-state index contributed by atoms with van der Waals surface area (Å²) in [5.74, 6) is -0.573. The van der Waals surface area contributed by atoms with E-state index in [1.54, 1.807) is 24.3 Å². The van der Waals surface area contributed by atoms with Crippen molar-refractivity contribution in [3.05, 3.63) is 192 Å². The molecular weight excluding hydrogens is 991 g/mol. The van der Waals surface area contributed by atoms with Crippen LogP contribution in [0.5, 0.6) is 0 Å². The molecule has 15 rings (SSSR count). The maximum atomic E-state index is 16.4. The maximum absolute atomic E-state index is 16.4. The van der Waals surface area contributed by atoms with Crippen molar-refractivity contribution in [3.8, 4) is 33.6 Å². The Bertz CT molecular complexity index is 4470. The fourth-order valence-electron chi connectivity index (χ4n) is 14.3. The minimum absolute atomic E-state index is 0.0764. The number of furan rings is 2. The molecule has 78 heavy (non-hydrogen) atoms. The van der Waals surface area contributed by atoms with E-state index in [1.807, 2.05) is 114 Å². The third-order valence-corrected chi connectivity index (χ3v) is 17.4. The van der Waals surface area contributed by atoms with Gasteiger partial charge in [0, 0.05) is 54.2 Å². The topological polar surface area (TPSA) is 36.1 Å². The van der Waals surface area contributed by atoms with E-state index in [2.05, 4.69) is 16.7 Å². The first-order valence-electron chi connectivity index (χ1n) is 27.3. The highest BCUT2D eigenvalue weighted by molar-refractivity contribution is 6.29. The van der Waals surface area contributed by atoms with Gasteiger partial charge in [-0.2, -0.15) is 26.3 Å². The molecule has 0 N–H and O–H groups in total. The van der Waals surface area contributed by atoms with Gasteiger partial charge in [-0.15, -0.1) is 0 Å². The number of nitrogens with zero attached hydrogens (tertiary/aromatic N) is 2. The third-order valence-electron chi connectivity index (χ3n) is 17.4. The maximum Gasteiger partial charge on any atom is 0.417 e. The molecule has 0 radical (unpaired) electrons. The number of aromatic nitrogens is 2. The minimum Gasteiger partial charge on any atom is -0.456 e. The molecule has 386 valence electrons. The van der Waals surface area contributed by atoms with Crippen molar-refractivity contribution in [1.29, 1.82) is 0 Å². The van der Waals surface area contributed by atoms with Gasteiger partial charge in [0.15, 0.2) is 0 Å². The molecule has 0 saturated heterocycles. The van der Waals surface area contributed by atoms with E-state index >= 15 is 26.3 Å². The molecule has 4 aromatic heterocycles. The second-order valence-corrected chi connectivity index (χ2v) is 21.6. The molecule has 0 atom stereocenters. The number of hydrogen-bond donors (Lipinski definition) is 0. The van der Waals surface area contributed by atoms with E-state index < -0.39 is 23.5 Å². The van der Waals surface area contributed by atoms with Crippen LogP contribution in [0.2, 0.25) is 0 Å². The minimum atomic E-state index is -4.85. The number of benzene rings is 9. The van der Waals surface area contributed by atoms with Crippen LogP contribution in [-0.4, -0.2) is 9.13 Å². The molecule has 0 aliphatic heterocycles. The molecule has 13 aromatic rings. The molecule has 0 bridgehead atoms. The Balaban J connectivity index is 1.27. The molecule has 2 fully saturated rings. The molecule has 4 heterocycles. The molecule has 2 aliphatic rings. The monoisotopic (exact) mass is 1040 g/mol. The van der Waals surface area contributed by atoms with E-state index in [0.717, 1.165) is 121 Å². The summed E-state index contributed by atoms with van der Waals surface area (Å²) in [6, 6.07) is 51.0. The first-order chi connectivity index (χ1) is 38.0. The Morgan fingerprint density at radius 2 is 0.705 bits per heavy atom. The molecule has 0 unspecified atom stereocenters. The lowest BCUT2D eigenvalue weighted by Gasteiger charge is -2.37. The zero-order chi connectivity index (χ0) is 52.6. The van der Waals surface area contributed by atoms with Crippen LogP contribution in [0, 0.1) is 0 Å². The molecule has 2 aliphatic carbocycles. The van der Waals surface area contributed by atoms with Crippen molar-refractivity contribution in [3.63, 3.8) is 0 Å². The van der Waals surface area contributed by atoms with Crippen LogP contribution in [0.25, 0.3) is 121 Å². The molecule has 4 nitrogen and oxygen atoms in total. The van der Waals surface area contributed by atoms with Gasteiger partial charge >= 0.3 is 12.4 Å². The van der Waals surface area contributed by atoms with Crippen molar-refractivity contribution in [2.45, 2.75) is 88.4 Å². The number of alkyl halides is 6. The van der Waals surface area contributed by atoms with Crippen molar-refractivity contribution in [2.24, 2.45) is 0 Å².